The summed E-state index contributed by atoms with van der Waals surface area (Å²) in [6, 6.07) is -0.289. The van der Waals surface area contributed by atoms with E-state index in [0.29, 0.717) is 12.8 Å². The maximum absolute atomic E-state index is 11.7. The highest BCUT2D eigenvalue weighted by atomic mass is 16.2. The third kappa shape index (κ3) is 2.02. The van der Waals surface area contributed by atoms with Crippen molar-refractivity contribution in [1.82, 2.24) is 14.7 Å². The average molecular weight is 236 g/mol. The van der Waals surface area contributed by atoms with Crippen LogP contribution in [0, 0.1) is 5.92 Å². The molecule has 2 unspecified atom stereocenters. The summed E-state index contributed by atoms with van der Waals surface area (Å²) >= 11 is 0. The van der Waals surface area contributed by atoms with E-state index in [0.717, 1.165) is 5.56 Å². The molecule has 1 fully saturated rings. The van der Waals surface area contributed by atoms with Crippen LogP contribution in [-0.2, 0) is 16.6 Å². The second-order valence-corrected chi connectivity index (χ2v) is 4.44. The standard InChI is InChI=1S/C11H16N4O2/c1-14-6-7(5-13-14)10-8(11(12)17)3-4-9(16)15(10)2/h5-6,8,10H,3-4H2,1-2H3,(H2,12,17). The fourth-order valence-corrected chi connectivity index (χ4v) is 2.38. The molecule has 0 spiro atoms. The van der Waals surface area contributed by atoms with E-state index in [4.69, 9.17) is 5.73 Å². The smallest absolute Gasteiger partial charge is 0.222 e. The number of nitrogens with zero attached hydrogens (tertiary/aromatic N) is 3. The van der Waals surface area contributed by atoms with Gasteiger partial charge < -0.3 is 10.6 Å². The van der Waals surface area contributed by atoms with Crippen LogP contribution in [0.4, 0.5) is 0 Å². The molecule has 0 aromatic carbocycles. The lowest BCUT2D eigenvalue weighted by molar-refractivity contribution is -0.140. The summed E-state index contributed by atoms with van der Waals surface area (Å²) in [4.78, 5) is 24.7. The van der Waals surface area contributed by atoms with Crippen molar-refractivity contribution in [3.05, 3.63) is 18.0 Å². The van der Waals surface area contributed by atoms with Gasteiger partial charge in [0.2, 0.25) is 11.8 Å². The zero-order valence-corrected chi connectivity index (χ0v) is 9.96. The molecule has 2 atom stereocenters. The summed E-state index contributed by atoms with van der Waals surface area (Å²) in [6.07, 6.45) is 4.38. The molecule has 1 saturated heterocycles. The molecule has 2 rings (SSSR count). The van der Waals surface area contributed by atoms with Crippen molar-refractivity contribution in [2.24, 2.45) is 18.7 Å². The van der Waals surface area contributed by atoms with Crippen LogP contribution in [0.15, 0.2) is 12.4 Å². The van der Waals surface area contributed by atoms with E-state index in [1.807, 2.05) is 6.20 Å². The molecule has 1 aromatic rings. The Hall–Kier alpha value is -1.85. The van der Waals surface area contributed by atoms with Gasteiger partial charge in [-0.3, -0.25) is 14.3 Å². The maximum Gasteiger partial charge on any atom is 0.222 e. The molecular formula is C11H16N4O2. The number of aromatic nitrogens is 2. The highest BCUT2D eigenvalue weighted by Gasteiger charge is 2.38. The molecule has 0 saturated carbocycles. The predicted molar refractivity (Wildman–Crippen MR) is 60.6 cm³/mol. The summed E-state index contributed by atoms with van der Waals surface area (Å²) in [5.74, 6) is -0.656. The normalized spacial score (nSPS) is 25.1. The van der Waals surface area contributed by atoms with Crippen molar-refractivity contribution < 1.29 is 9.59 Å². The van der Waals surface area contributed by atoms with Crippen molar-refractivity contribution in [3.8, 4) is 0 Å². The van der Waals surface area contributed by atoms with E-state index >= 15 is 0 Å². The van der Waals surface area contributed by atoms with Crippen LogP contribution < -0.4 is 5.73 Å². The first kappa shape index (κ1) is 11.6. The van der Waals surface area contributed by atoms with Gasteiger partial charge in [-0.05, 0) is 6.42 Å². The van der Waals surface area contributed by atoms with E-state index in [1.165, 1.54) is 0 Å². The van der Waals surface area contributed by atoms with Crippen molar-refractivity contribution >= 4 is 11.8 Å². The maximum atomic E-state index is 11.7. The number of carbonyl (C=O) groups is 2. The third-order valence-corrected chi connectivity index (χ3v) is 3.29. The molecule has 0 radical (unpaired) electrons. The highest BCUT2D eigenvalue weighted by Crippen LogP contribution is 2.35. The number of nitrogens with two attached hydrogens (primary N) is 1. The van der Waals surface area contributed by atoms with E-state index in [-0.39, 0.29) is 23.8 Å². The van der Waals surface area contributed by atoms with Crippen molar-refractivity contribution in [2.75, 3.05) is 7.05 Å². The lowest BCUT2D eigenvalue weighted by atomic mass is 9.85. The van der Waals surface area contributed by atoms with E-state index in [2.05, 4.69) is 5.10 Å². The molecule has 17 heavy (non-hydrogen) atoms. The highest BCUT2D eigenvalue weighted by molar-refractivity contribution is 5.83. The monoisotopic (exact) mass is 236 g/mol. The van der Waals surface area contributed by atoms with Gasteiger partial charge in [0.1, 0.15) is 0 Å². The van der Waals surface area contributed by atoms with E-state index in [9.17, 15) is 9.59 Å². The second-order valence-electron chi connectivity index (χ2n) is 4.44. The van der Waals surface area contributed by atoms with Gasteiger partial charge in [0.25, 0.3) is 0 Å². The Kier molecular flexibility index (Phi) is 2.87. The lowest BCUT2D eigenvalue weighted by Crippen LogP contribution is -2.44. The molecule has 92 valence electrons. The Labute approximate surface area is 99.4 Å². The fourth-order valence-electron chi connectivity index (χ4n) is 2.38. The Bertz CT molecular complexity index is 454. The molecule has 6 nitrogen and oxygen atoms in total. The largest absolute Gasteiger partial charge is 0.369 e. The minimum atomic E-state index is -0.363. The summed E-state index contributed by atoms with van der Waals surface area (Å²) in [5, 5.41) is 4.07. The van der Waals surface area contributed by atoms with Crippen LogP contribution in [0.25, 0.3) is 0 Å². The molecule has 6 heteroatoms. The van der Waals surface area contributed by atoms with Crippen molar-refractivity contribution in [1.29, 1.82) is 0 Å². The topological polar surface area (TPSA) is 81.2 Å². The van der Waals surface area contributed by atoms with Gasteiger partial charge in [-0.2, -0.15) is 5.10 Å². The molecule has 1 aromatic heterocycles. The van der Waals surface area contributed by atoms with E-state index < -0.39 is 0 Å². The average Bonchev–Trinajstić information content (AvgIpc) is 2.68. The first-order chi connectivity index (χ1) is 8.00. The van der Waals surface area contributed by atoms with Crippen LogP contribution in [-0.4, -0.2) is 33.5 Å². The summed E-state index contributed by atoms with van der Waals surface area (Å²) in [6.45, 7) is 0. The van der Waals surface area contributed by atoms with Gasteiger partial charge in [0.15, 0.2) is 0 Å². The Morgan fingerprint density at radius 2 is 2.24 bits per heavy atom. The summed E-state index contributed by atoms with van der Waals surface area (Å²) in [7, 11) is 3.50. The molecule has 2 amide bonds. The number of carbonyl (C=O) groups excluding carboxylic acids is 2. The Morgan fingerprint density at radius 3 is 2.76 bits per heavy atom. The van der Waals surface area contributed by atoms with Crippen LogP contribution in [0.2, 0.25) is 0 Å². The molecule has 0 aliphatic carbocycles. The molecule has 0 bridgehead atoms. The third-order valence-electron chi connectivity index (χ3n) is 3.29. The minimum absolute atomic E-state index is 0.0383. The number of hydrogen-bond acceptors (Lipinski definition) is 3. The van der Waals surface area contributed by atoms with E-state index in [1.54, 1.807) is 29.9 Å². The van der Waals surface area contributed by atoms with Crippen molar-refractivity contribution in [2.45, 2.75) is 18.9 Å². The number of aryl methyl sites for hydroxylation is 1. The van der Waals surface area contributed by atoms with Gasteiger partial charge in [-0.15, -0.1) is 0 Å². The van der Waals surface area contributed by atoms with Crippen molar-refractivity contribution in [3.63, 3.8) is 0 Å². The second kappa shape index (κ2) is 4.20. The number of likely N-dealkylation sites (tertiary alicyclic amines) is 1. The van der Waals surface area contributed by atoms with Gasteiger partial charge >= 0.3 is 0 Å². The Morgan fingerprint density at radius 1 is 1.53 bits per heavy atom. The van der Waals surface area contributed by atoms with Crippen LogP contribution >= 0.6 is 0 Å². The lowest BCUT2D eigenvalue weighted by Gasteiger charge is -2.36. The quantitative estimate of drug-likeness (QED) is 0.773. The first-order valence-corrected chi connectivity index (χ1v) is 5.54. The SMILES string of the molecule is CN1C(=O)CCC(C(N)=O)C1c1cnn(C)c1. The molecule has 2 heterocycles. The molecule has 1 aliphatic heterocycles. The number of rotatable bonds is 2. The predicted octanol–water partition coefficient (Wildman–Crippen LogP) is -0.185. The van der Waals surface area contributed by atoms with Gasteiger partial charge in [0, 0.05) is 32.3 Å². The number of hydrogen-bond donors (Lipinski definition) is 1. The van der Waals surface area contributed by atoms with Gasteiger partial charge in [-0.25, -0.2) is 0 Å². The number of primary amides is 1. The Balaban J connectivity index is 2.36. The zero-order chi connectivity index (χ0) is 12.6. The molecular weight excluding hydrogens is 220 g/mol. The first-order valence-electron chi connectivity index (χ1n) is 5.54. The van der Waals surface area contributed by atoms with Gasteiger partial charge in [-0.1, -0.05) is 0 Å². The minimum Gasteiger partial charge on any atom is -0.369 e. The molecule has 1 aliphatic rings. The summed E-state index contributed by atoms with van der Waals surface area (Å²) in [5.41, 5.74) is 6.26. The summed E-state index contributed by atoms with van der Waals surface area (Å²) < 4.78 is 1.65. The van der Waals surface area contributed by atoms with Crippen LogP contribution in [0.5, 0.6) is 0 Å². The fraction of sp³-hybridized carbons (Fsp3) is 0.545. The van der Waals surface area contributed by atoms with Crippen LogP contribution in [0.3, 0.4) is 0 Å². The van der Waals surface area contributed by atoms with Crippen LogP contribution in [0.1, 0.15) is 24.4 Å². The molecule has 2 N–H and O–H groups in total. The van der Waals surface area contributed by atoms with Gasteiger partial charge in [0.05, 0.1) is 18.2 Å². The zero-order valence-electron chi connectivity index (χ0n) is 9.96. The number of piperidine rings is 1. The number of amides is 2.